The van der Waals surface area contributed by atoms with Gasteiger partial charge in [0.1, 0.15) is 0 Å². The van der Waals surface area contributed by atoms with Crippen LogP contribution in [-0.4, -0.2) is 61.5 Å². The zero-order valence-electron chi connectivity index (χ0n) is 28.8. The molecule has 0 aliphatic heterocycles. The fraction of sp³-hybridized carbons (Fsp3) is 0.889. The van der Waals surface area contributed by atoms with Gasteiger partial charge in [0.25, 0.3) is 0 Å². The Balaban J connectivity index is 3.54. The van der Waals surface area contributed by atoms with Gasteiger partial charge in [0.2, 0.25) is 0 Å². The number of aliphatic hydroxyl groups excluding tert-OH is 1. The van der Waals surface area contributed by atoms with Crippen LogP contribution in [0.4, 0.5) is 0 Å². The van der Waals surface area contributed by atoms with Gasteiger partial charge in [-0.25, -0.2) is 4.79 Å². The molecule has 45 heavy (non-hydrogen) atoms. The number of ether oxygens (including phenoxy) is 4. The molecule has 0 aromatic carbocycles. The lowest BCUT2D eigenvalue weighted by Gasteiger charge is -2.11. The maximum atomic E-state index is 11.9. The summed E-state index contributed by atoms with van der Waals surface area (Å²) in [7, 11) is 0. The maximum absolute atomic E-state index is 11.9. The number of aliphatic hydroxyl groups is 1. The number of carbonyl (C=O) groups is 4. The van der Waals surface area contributed by atoms with Crippen LogP contribution >= 0.6 is 0 Å². The summed E-state index contributed by atoms with van der Waals surface area (Å²) in [5, 5.41) is 9.93. The average molecular weight is 643 g/mol. The third-order valence-electron chi connectivity index (χ3n) is 7.71. The summed E-state index contributed by atoms with van der Waals surface area (Å²) in [5.74, 6) is -1.72. The molecule has 0 fully saturated rings. The Morgan fingerprint density at radius 2 is 0.733 bits per heavy atom. The SMILES string of the molecule is CCCCCCCCCC(=O)OCCCCCCOC(=O)CC(O)C(=O)OCCCCCCOC(=O)CCCCCCCCC. The quantitative estimate of drug-likeness (QED) is 0.0427. The van der Waals surface area contributed by atoms with Crippen LogP contribution in [0.1, 0.15) is 174 Å². The van der Waals surface area contributed by atoms with Gasteiger partial charge in [0, 0.05) is 12.8 Å². The van der Waals surface area contributed by atoms with E-state index in [0.717, 1.165) is 64.2 Å². The van der Waals surface area contributed by atoms with E-state index in [2.05, 4.69) is 13.8 Å². The van der Waals surface area contributed by atoms with E-state index in [1.54, 1.807) is 0 Å². The number of rotatable bonds is 33. The Bertz CT molecular complexity index is 725. The van der Waals surface area contributed by atoms with Crippen molar-refractivity contribution in [2.24, 2.45) is 0 Å². The lowest BCUT2D eigenvalue weighted by atomic mass is 10.1. The zero-order valence-corrected chi connectivity index (χ0v) is 28.8. The average Bonchev–Trinajstić information content (AvgIpc) is 3.02. The Hall–Kier alpha value is -2.16. The van der Waals surface area contributed by atoms with Crippen molar-refractivity contribution in [2.45, 2.75) is 180 Å². The highest BCUT2D eigenvalue weighted by Gasteiger charge is 2.21. The molecule has 1 atom stereocenters. The van der Waals surface area contributed by atoms with Crippen molar-refractivity contribution in [1.82, 2.24) is 0 Å². The van der Waals surface area contributed by atoms with Crippen molar-refractivity contribution in [1.29, 1.82) is 0 Å². The molecule has 0 spiro atoms. The van der Waals surface area contributed by atoms with E-state index >= 15 is 0 Å². The normalized spacial score (nSPS) is 11.6. The predicted molar refractivity (Wildman–Crippen MR) is 177 cm³/mol. The molecule has 9 nitrogen and oxygen atoms in total. The molecule has 0 amide bonds. The van der Waals surface area contributed by atoms with Crippen LogP contribution in [0.3, 0.4) is 0 Å². The second-order valence-electron chi connectivity index (χ2n) is 12.1. The fourth-order valence-corrected chi connectivity index (χ4v) is 4.84. The first-order valence-electron chi connectivity index (χ1n) is 18.2. The molecular formula is C36H66O9. The predicted octanol–water partition coefficient (Wildman–Crippen LogP) is 8.31. The topological polar surface area (TPSA) is 125 Å². The van der Waals surface area contributed by atoms with Crippen molar-refractivity contribution in [3.63, 3.8) is 0 Å². The van der Waals surface area contributed by atoms with Crippen LogP contribution in [0.5, 0.6) is 0 Å². The first-order chi connectivity index (χ1) is 21.9. The molecule has 264 valence electrons. The Morgan fingerprint density at radius 3 is 1.13 bits per heavy atom. The van der Waals surface area contributed by atoms with Gasteiger partial charge in [0.15, 0.2) is 6.10 Å². The molecule has 0 heterocycles. The summed E-state index contributed by atoms with van der Waals surface area (Å²) in [6, 6.07) is 0. The van der Waals surface area contributed by atoms with Gasteiger partial charge >= 0.3 is 23.9 Å². The van der Waals surface area contributed by atoms with Crippen LogP contribution in [-0.2, 0) is 38.1 Å². The summed E-state index contributed by atoms with van der Waals surface area (Å²) in [6.45, 7) is 5.61. The highest BCUT2D eigenvalue weighted by atomic mass is 16.6. The second-order valence-corrected chi connectivity index (χ2v) is 12.1. The Labute approximate surface area is 273 Å². The van der Waals surface area contributed by atoms with Gasteiger partial charge in [-0.3, -0.25) is 14.4 Å². The molecule has 0 bridgehead atoms. The molecule has 1 unspecified atom stereocenters. The monoisotopic (exact) mass is 642 g/mol. The van der Waals surface area contributed by atoms with Gasteiger partial charge in [0.05, 0.1) is 32.8 Å². The van der Waals surface area contributed by atoms with Crippen molar-refractivity contribution < 1.29 is 43.2 Å². The van der Waals surface area contributed by atoms with Gasteiger partial charge in [-0.1, -0.05) is 90.9 Å². The van der Waals surface area contributed by atoms with E-state index in [1.165, 1.54) is 64.2 Å². The summed E-state index contributed by atoms with van der Waals surface area (Å²) in [4.78, 5) is 47.4. The molecule has 0 rings (SSSR count). The molecule has 0 aromatic heterocycles. The first-order valence-corrected chi connectivity index (χ1v) is 18.2. The fourth-order valence-electron chi connectivity index (χ4n) is 4.84. The summed E-state index contributed by atoms with van der Waals surface area (Å²) in [5.41, 5.74) is 0. The summed E-state index contributed by atoms with van der Waals surface area (Å²) >= 11 is 0. The third-order valence-corrected chi connectivity index (χ3v) is 7.71. The number of hydrogen-bond acceptors (Lipinski definition) is 9. The zero-order chi connectivity index (χ0) is 33.2. The van der Waals surface area contributed by atoms with Crippen LogP contribution in [0.15, 0.2) is 0 Å². The van der Waals surface area contributed by atoms with Crippen molar-refractivity contribution in [2.75, 3.05) is 26.4 Å². The highest BCUT2D eigenvalue weighted by Crippen LogP contribution is 2.11. The van der Waals surface area contributed by atoms with E-state index in [0.29, 0.717) is 38.9 Å². The smallest absolute Gasteiger partial charge is 0.335 e. The number of hydrogen-bond donors (Lipinski definition) is 1. The molecule has 0 aliphatic rings. The van der Waals surface area contributed by atoms with Gasteiger partial charge < -0.3 is 24.1 Å². The van der Waals surface area contributed by atoms with Gasteiger partial charge in [-0.2, -0.15) is 0 Å². The molecule has 1 N–H and O–H groups in total. The molecule has 9 heteroatoms. The van der Waals surface area contributed by atoms with E-state index in [-0.39, 0.29) is 25.2 Å². The van der Waals surface area contributed by atoms with Crippen LogP contribution < -0.4 is 0 Å². The maximum Gasteiger partial charge on any atom is 0.335 e. The molecule has 0 aliphatic carbocycles. The standard InChI is InChI=1S/C36H66O9/c1-3-5-7-9-11-13-19-25-33(38)42-27-21-15-16-23-29-44-35(40)31-32(37)36(41)45-30-24-18-17-22-28-43-34(39)26-20-14-12-10-8-6-4-2/h32,37H,3-31H2,1-2H3. The molecule has 0 aromatic rings. The molecule has 0 saturated carbocycles. The van der Waals surface area contributed by atoms with Gasteiger partial charge in [-0.15, -0.1) is 0 Å². The van der Waals surface area contributed by atoms with E-state index in [9.17, 15) is 24.3 Å². The number of carbonyl (C=O) groups excluding carboxylic acids is 4. The number of unbranched alkanes of at least 4 members (excludes halogenated alkanes) is 18. The minimum absolute atomic E-state index is 0.127. The van der Waals surface area contributed by atoms with Crippen LogP contribution in [0.2, 0.25) is 0 Å². The summed E-state index contributed by atoms with van der Waals surface area (Å²) < 4.78 is 20.7. The van der Waals surface area contributed by atoms with Crippen LogP contribution in [0, 0.1) is 0 Å². The summed E-state index contributed by atoms with van der Waals surface area (Å²) in [6.07, 6.45) is 21.6. The Morgan fingerprint density at radius 1 is 0.422 bits per heavy atom. The molecular weight excluding hydrogens is 576 g/mol. The molecule has 0 saturated heterocycles. The van der Waals surface area contributed by atoms with Crippen molar-refractivity contribution in [3.05, 3.63) is 0 Å². The first kappa shape index (κ1) is 42.8. The van der Waals surface area contributed by atoms with Crippen LogP contribution in [0.25, 0.3) is 0 Å². The lowest BCUT2D eigenvalue weighted by Crippen LogP contribution is -2.27. The minimum atomic E-state index is -1.54. The van der Waals surface area contributed by atoms with E-state index in [4.69, 9.17) is 18.9 Å². The van der Waals surface area contributed by atoms with E-state index in [1.807, 2.05) is 0 Å². The molecule has 0 radical (unpaired) electrons. The minimum Gasteiger partial charge on any atom is -0.466 e. The lowest BCUT2D eigenvalue weighted by molar-refractivity contribution is -0.160. The largest absolute Gasteiger partial charge is 0.466 e. The van der Waals surface area contributed by atoms with Crippen molar-refractivity contribution in [3.8, 4) is 0 Å². The third kappa shape index (κ3) is 31.6. The highest BCUT2D eigenvalue weighted by molar-refractivity contribution is 5.81. The number of esters is 4. The van der Waals surface area contributed by atoms with Gasteiger partial charge in [-0.05, 0) is 64.2 Å². The Kier molecular flexibility index (Phi) is 31.6. The van der Waals surface area contributed by atoms with E-state index < -0.39 is 24.5 Å². The second kappa shape index (κ2) is 33.2. The van der Waals surface area contributed by atoms with Crippen molar-refractivity contribution >= 4 is 23.9 Å².